The standard InChI is InChI=1S/C18H21N5O2S/c1-4-8-23-14(15-6-5-10-26-15)12-22-11-13(20-16(22)18(23)25)17(24)19-7-9-21(2)3/h4-6,10-12H,1,7-9H2,2-3H3,(H,19,24). The van der Waals surface area contributed by atoms with E-state index in [1.165, 1.54) is 0 Å². The number of imidazole rings is 1. The Hall–Kier alpha value is -2.71. The van der Waals surface area contributed by atoms with Gasteiger partial charge >= 0.3 is 0 Å². The summed E-state index contributed by atoms with van der Waals surface area (Å²) in [5.74, 6) is -0.289. The Morgan fingerprint density at radius 1 is 1.42 bits per heavy atom. The van der Waals surface area contributed by atoms with E-state index in [2.05, 4.69) is 16.9 Å². The maximum absolute atomic E-state index is 12.9. The highest BCUT2D eigenvalue weighted by atomic mass is 32.1. The Morgan fingerprint density at radius 3 is 2.88 bits per heavy atom. The topological polar surface area (TPSA) is 71.6 Å². The van der Waals surface area contributed by atoms with Crippen LogP contribution in [0.2, 0.25) is 0 Å². The van der Waals surface area contributed by atoms with Crippen LogP contribution < -0.4 is 10.9 Å². The van der Waals surface area contributed by atoms with Gasteiger partial charge in [-0.25, -0.2) is 4.98 Å². The molecule has 0 saturated carbocycles. The van der Waals surface area contributed by atoms with Gasteiger partial charge in [0, 0.05) is 32.0 Å². The fourth-order valence-electron chi connectivity index (χ4n) is 2.61. The first-order valence-electron chi connectivity index (χ1n) is 8.21. The number of amides is 1. The van der Waals surface area contributed by atoms with E-state index in [9.17, 15) is 9.59 Å². The summed E-state index contributed by atoms with van der Waals surface area (Å²) in [5.41, 5.74) is 0.983. The lowest BCUT2D eigenvalue weighted by molar-refractivity contribution is 0.0946. The van der Waals surface area contributed by atoms with Gasteiger partial charge in [0.25, 0.3) is 11.5 Å². The van der Waals surface area contributed by atoms with Crippen molar-refractivity contribution in [1.82, 2.24) is 24.2 Å². The molecule has 8 heteroatoms. The molecule has 136 valence electrons. The molecular weight excluding hydrogens is 350 g/mol. The Kier molecular flexibility index (Phi) is 5.34. The molecule has 0 spiro atoms. The van der Waals surface area contributed by atoms with Gasteiger partial charge in [-0.3, -0.25) is 18.6 Å². The number of carbonyl (C=O) groups excluding carboxylic acids is 1. The number of rotatable bonds is 7. The first-order chi connectivity index (χ1) is 12.5. The van der Waals surface area contributed by atoms with Crippen molar-refractivity contribution in [3.05, 3.63) is 58.6 Å². The van der Waals surface area contributed by atoms with Crippen LogP contribution in [0.4, 0.5) is 0 Å². The van der Waals surface area contributed by atoms with E-state index >= 15 is 0 Å². The average Bonchev–Trinajstić information content (AvgIpc) is 3.26. The van der Waals surface area contributed by atoms with Crippen molar-refractivity contribution in [2.45, 2.75) is 6.54 Å². The van der Waals surface area contributed by atoms with Gasteiger partial charge in [0.1, 0.15) is 5.69 Å². The molecule has 7 nitrogen and oxygen atoms in total. The molecule has 0 aliphatic rings. The molecule has 3 aromatic rings. The lowest BCUT2D eigenvalue weighted by atomic mass is 10.3. The second kappa shape index (κ2) is 7.67. The van der Waals surface area contributed by atoms with Crippen molar-refractivity contribution in [3.8, 4) is 10.6 Å². The second-order valence-corrected chi connectivity index (χ2v) is 7.06. The Labute approximate surface area is 155 Å². The molecule has 1 amide bonds. The molecule has 0 bridgehead atoms. The number of aromatic nitrogens is 3. The third-order valence-corrected chi connectivity index (χ3v) is 4.78. The zero-order valence-electron chi connectivity index (χ0n) is 14.8. The molecule has 0 aromatic carbocycles. The van der Waals surface area contributed by atoms with Crippen LogP contribution in [0.3, 0.4) is 0 Å². The predicted octanol–water partition coefficient (Wildman–Crippen LogP) is 1.70. The number of carbonyl (C=O) groups is 1. The van der Waals surface area contributed by atoms with Crippen LogP contribution in [-0.2, 0) is 6.54 Å². The van der Waals surface area contributed by atoms with Crippen LogP contribution in [0.1, 0.15) is 10.5 Å². The molecule has 0 aliphatic heterocycles. The normalized spacial score (nSPS) is 11.2. The highest BCUT2D eigenvalue weighted by Crippen LogP contribution is 2.24. The Balaban J connectivity index is 2.01. The monoisotopic (exact) mass is 371 g/mol. The predicted molar refractivity (Wildman–Crippen MR) is 104 cm³/mol. The van der Waals surface area contributed by atoms with Gasteiger partial charge in [0.15, 0.2) is 0 Å². The minimum atomic E-state index is -0.289. The van der Waals surface area contributed by atoms with Crippen LogP contribution >= 0.6 is 11.3 Å². The van der Waals surface area contributed by atoms with Gasteiger partial charge in [0.2, 0.25) is 5.65 Å². The molecule has 0 saturated heterocycles. The van der Waals surface area contributed by atoms with Crippen molar-refractivity contribution in [2.24, 2.45) is 0 Å². The van der Waals surface area contributed by atoms with Crippen molar-refractivity contribution < 1.29 is 4.79 Å². The first-order valence-corrected chi connectivity index (χ1v) is 9.09. The van der Waals surface area contributed by atoms with Gasteiger partial charge in [-0.15, -0.1) is 17.9 Å². The van der Waals surface area contributed by atoms with Gasteiger partial charge in [-0.1, -0.05) is 12.1 Å². The summed E-state index contributed by atoms with van der Waals surface area (Å²) >= 11 is 1.55. The number of hydrogen-bond donors (Lipinski definition) is 1. The summed E-state index contributed by atoms with van der Waals surface area (Å²) in [6.45, 7) is 5.35. The summed E-state index contributed by atoms with van der Waals surface area (Å²) < 4.78 is 3.24. The lowest BCUT2D eigenvalue weighted by Gasteiger charge is -2.10. The molecule has 0 fully saturated rings. The molecule has 0 unspecified atom stereocenters. The summed E-state index contributed by atoms with van der Waals surface area (Å²) in [7, 11) is 3.87. The summed E-state index contributed by atoms with van der Waals surface area (Å²) in [4.78, 5) is 32.4. The van der Waals surface area contributed by atoms with E-state index in [1.54, 1.807) is 32.6 Å². The number of fused-ring (bicyclic) bond motifs is 1. The SMILES string of the molecule is C=CCn1c(-c2cccs2)cn2cc(C(=O)NCCN(C)C)nc2c1=O. The zero-order valence-corrected chi connectivity index (χ0v) is 15.6. The van der Waals surface area contributed by atoms with Gasteiger partial charge in [0.05, 0.1) is 10.6 Å². The average molecular weight is 371 g/mol. The molecule has 0 radical (unpaired) electrons. The summed E-state index contributed by atoms with van der Waals surface area (Å²) in [6, 6.07) is 3.89. The van der Waals surface area contributed by atoms with E-state index in [4.69, 9.17) is 0 Å². The number of nitrogens with zero attached hydrogens (tertiary/aromatic N) is 4. The molecular formula is C18H21N5O2S. The third-order valence-electron chi connectivity index (χ3n) is 3.88. The van der Waals surface area contributed by atoms with E-state index < -0.39 is 0 Å². The van der Waals surface area contributed by atoms with Gasteiger partial charge in [-0.2, -0.15) is 0 Å². The number of allylic oxidation sites excluding steroid dienone is 1. The smallest absolute Gasteiger partial charge is 0.295 e. The molecule has 26 heavy (non-hydrogen) atoms. The molecule has 1 N–H and O–H groups in total. The summed E-state index contributed by atoms with van der Waals surface area (Å²) in [6.07, 6.45) is 5.10. The second-order valence-electron chi connectivity index (χ2n) is 6.11. The number of thiophene rings is 1. The van der Waals surface area contributed by atoms with E-state index in [-0.39, 0.29) is 22.8 Å². The molecule has 0 atom stereocenters. The Morgan fingerprint density at radius 2 is 2.23 bits per heavy atom. The van der Waals surface area contributed by atoms with Gasteiger partial charge in [-0.05, 0) is 25.5 Å². The van der Waals surface area contributed by atoms with E-state index in [0.717, 1.165) is 17.1 Å². The lowest BCUT2D eigenvalue weighted by Crippen LogP contribution is -2.31. The van der Waals surface area contributed by atoms with Crippen molar-refractivity contribution >= 4 is 22.9 Å². The molecule has 3 heterocycles. The van der Waals surface area contributed by atoms with Crippen LogP contribution in [0.15, 0.2) is 47.4 Å². The minimum Gasteiger partial charge on any atom is -0.349 e. The number of nitrogens with one attached hydrogen (secondary N) is 1. The van der Waals surface area contributed by atoms with Crippen LogP contribution in [0, 0.1) is 0 Å². The number of likely N-dealkylation sites (N-methyl/N-ethyl adjacent to an activating group) is 1. The van der Waals surface area contributed by atoms with Crippen molar-refractivity contribution in [2.75, 3.05) is 27.2 Å². The maximum Gasteiger partial charge on any atom is 0.295 e. The largest absolute Gasteiger partial charge is 0.349 e. The summed E-state index contributed by atoms with van der Waals surface area (Å²) in [5, 5.41) is 4.77. The van der Waals surface area contributed by atoms with Crippen molar-refractivity contribution in [3.63, 3.8) is 0 Å². The first kappa shape index (κ1) is 18.1. The quantitative estimate of drug-likeness (QED) is 0.642. The van der Waals surface area contributed by atoms with Crippen LogP contribution in [-0.4, -0.2) is 51.9 Å². The molecule has 0 aliphatic carbocycles. The van der Waals surface area contributed by atoms with E-state index in [1.807, 2.05) is 42.7 Å². The zero-order chi connectivity index (χ0) is 18.7. The van der Waals surface area contributed by atoms with Crippen LogP contribution in [0.5, 0.6) is 0 Å². The van der Waals surface area contributed by atoms with Crippen molar-refractivity contribution in [1.29, 1.82) is 0 Å². The highest BCUT2D eigenvalue weighted by Gasteiger charge is 2.16. The van der Waals surface area contributed by atoms with E-state index in [0.29, 0.717) is 13.1 Å². The third kappa shape index (κ3) is 3.61. The number of hydrogen-bond acceptors (Lipinski definition) is 5. The maximum atomic E-state index is 12.9. The molecule has 3 rings (SSSR count). The minimum absolute atomic E-state index is 0.227. The fraction of sp³-hybridized carbons (Fsp3) is 0.278. The fourth-order valence-corrected chi connectivity index (χ4v) is 3.35. The molecule has 3 aromatic heterocycles. The highest BCUT2D eigenvalue weighted by molar-refractivity contribution is 7.13. The Bertz CT molecular complexity index is 985. The van der Waals surface area contributed by atoms with Gasteiger partial charge < -0.3 is 10.2 Å². The van der Waals surface area contributed by atoms with Crippen LogP contribution in [0.25, 0.3) is 16.2 Å².